The van der Waals surface area contributed by atoms with Gasteiger partial charge in [0.15, 0.2) is 9.84 Å². The summed E-state index contributed by atoms with van der Waals surface area (Å²) in [6.07, 6.45) is 3.55. The maximum Gasteiger partial charge on any atom is 0.178 e. The van der Waals surface area contributed by atoms with Crippen LogP contribution in [0.5, 0.6) is 0 Å². The fourth-order valence-electron chi connectivity index (χ4n) is 1.39. The maximum absolute atomic E-state index is 11.8. The van der Waals surface area contributed by atoms with Gasteiger partial charge in [-0.15, -0.1) is 0 Å². The molecule has 0 amide bonds. The molecule has 0 unspecified atom stereocenters. The Balaban J connectivity index is 2.53. The van der Waals surface area contributed by atoms with E-state index in [1.54, 1.807) is 24.3 Å². The van der Waals surface area contributed by atoms with Crippen LogP contribution in [0, 0.1) is 6.92 Å². The molecule has 2 nitrogen and oxygen atoms in total. The largest absolute Gasteiger partial charge is 0.224 e. The molecule has 0 aliphatic carbocycles. The zero-order valence-corrected chi connectivity index (χ0v) is 9.67. The van der Waals surface area contributed by atoms with Gasteiger partial charge in [0.05, 0.1) is 10.6 Å². The molecule has 1 aromatic rings. The van der Waals surface area contributed by atoms with Crippen molar-refractivity contribution in [2.24, 2.45) is 0 Å². The first kappa shape index (κ1) is 12.2. The van der Waals surface area contributed by atoms with Gasteiger partial charge in [0.1, 0.15) is 0 Å². The maximum atomic E-state index is 11.8. The van der Waals surface area contributed by atoms with Crippen LogP contribution in [-0.4, -0.2) is 14.2 Å². The highest BCUT2D eigenvalue weighted by molar-refractivity contribution is 7.91. The Bertz CT molecular complexity index is 368. The molecule has 0 saturated carbocycles. The van der Waals surface area contributed by atoms with Crippen LogP contribution in [0.4, 0.5) is 0 Å². The number of unbranched alkanes of at least 4 members (excludes halogenated alkanes) is 3. The second kappa shape index (κ2) is 5.91. The van der Waals surface area contributed by atoms with Crippen LogP contribution in [0.2, 0.25) is 0 Å². The number of benzene rings is 1. The monoisotopic (exact) mass is 225 g/mol. The standard InChI is InChI=1S/C12H17O2S/c1-2-3-4-8-11-15(13,14)12-9-6-5-7-10-12/h5-7,9-10H,1-4,8,11H2. The van der Waals surface area contributed by atoms with Gasteiger partial charge in [0.2, 0.25) is 0 Å². The van der Waals surface area contributed by atoms with E-state index < -0.39 is 9.84 Å². The molecule has 0 atom stereocenters. The number of hydrogen-bond acceptors (Lipinski definition) is 2. The average molecular weight is 225 g/mol. The zero-order chi connectivity index (χ0) is 11.1. The van der Waals surface area contributed by atoms with Crippen molar-refractivity contribution in [3.8, 4) is 0 Å². The second-order valence-corrected chi connectivity index (χ2v) is 5.66. The minimum Gasteiger partial charge on any atom is -0.224 e. The van der Waals surface area contributed by atoms with E-state index in [1.165, 1.54) is 0 Å². The van der Waals surface area contributed by atoms with Gasteiger partial charge in [-0.1, -0.05) is 44.4 Å². The third-order valence-corrected chi connectivity index (χ3v) is 4.08. The van der Waals surface area contributed by atoms with E-state index in [2.05, 4.69) is 6.92 Å². The van der Waals surface area contributed by atoms with Crippen molar-refractivity contribution in [3.05, 3.63) is 37.3 Å². The van der Waals surface area contributed by atoms with Crippen LogP contribution in [0.15, 0.2) is 35.2 Å². The van der Waals surface area contributed by atoms with E-state index in [9.17, 15) is 8.42 Å². The molecule has 1 rings (SSSR count). The Kier molecular flexibility index (Phi) is 4.82. The quantitative estimate of drug-likeness (QED) is 0.698. The first-order chi connectivity index (χ1) is 7.17. The normalized spacial score (nSPS) is 11.5. The van der Waals surface area contributed by atoms with Crippen molar-refractivity contribution in [1.29, 1.82) is 0 Å². The molecule has 0 N–H and O–H groups in total. The van der Waals surface area contributed by atoms with Crippen LogP contribution in [0.25, 0.3) is 0 Å². The average Bonchev–Trinajstić information content (AvgIpc) is 2.26. The molecule has 0 aliphatic rings. The summed E-state index contributed by atoms with van der Waals surface area (Å²) >= 11 is 0. The molecule has 0 saturated heterocycles. The van der Waals surface area contributed by atoms with Crippen LogP contribution >= 0.6 is 0 Å². The van der Waals surface area contributed by atoms with Crippen LogP contribution in [0.3, 0.4) is 0 Å². The number of rotatable bonds is 6. The van der Waals surface area contributed by atoms with Gasteiger partial charge >= 0.3 is 0 Å². The van der Waals surface area contributed by atoms with Crippen molar-refractivity contribution < 1.29 is 8.42 Å². The molecule has 83 valence electrons. The summed E-state index contributed by atoms with van der Waals surface area (Å²) in [6.45, 7) is 3.73. The minimum absolute atomic E-state index is 0.247. The lowest BCUT2D eigenvalue weighted by Crippen LogP contribution is -2.06. The Labute approximate surface area is 92.2 Å². The van der Waals surface area contributed by atoms with Crippen molar-refractivity contribution in [2.45, 2.75) is 30.6 Å². The van der Waals surface area contributed by atoms with Crippen LogP contribution < -0.4 is 0 Å². The summed E-state index contributed by atoms with van der Waals surface area (Å²) in [4.78, 5) is 0.430. The predicted molar refractivity (Wildman–Crippen MR) is 62.3 cm³/mol. The van der Waals surface area contributed by atoms with E-state index in [4.69, 9.17) is 0 Å². The minimum atomic E-state index is -3.06. The highest BCUT2D eigenvalue weighted by Crippen LogP contribution is 2.12. The molecule has 1 radical (unpaired) electrons. The topological polar surface area (TPSA) is 34.1 Å². The first-order valence-electron chi connectivity index (χ1n) is 5.24. The summed E-state index contributed by atoms with van der Waals surface area (Å²) in [5.74, 6) is 0.247. The van der Waals surface area contributed by atoms with Gasteiger partial charge < -0.3 is 0 Å². The first-order valence-corrected chi connectivity index (χ1v) is 6.89. The van der Waals surface area contributed by atoms with Crippen molar-refractivity contribution in [3.63, 3.8) is 0 Å². The summed E-state index contributed by atoms with van der Waals surface area (Å²) in [7, 11) is -3.06. The van der Waals surface area contributed by atoms with Crippen LogP contribution in [0.1, 0.15) is 25.7 Å². The summed E-state index contributed by atoms with van der Waals surface area (Å²) in [5, 5.41) is 0. The Morgan fingerprint density at radius 3 is 2.27 bits per heavy atom. The molecule has 15 heavy (non-hydrogen) atoms. The smallest absolute Gasteiger partial charge is 0.178 e. The third kappa shape index (κ3) is 4.04. The van der Waals surface area contributed by atoms with E-state index in [1.807, 2.05) is 6.07 Å². The molecule has 0 heterocycles. The molecule has 0 fully saturated rings. The van der Waals surface area contributed by atoms with Crippen molar-refractivity contribution >= 4 is 9.84 Å². The third-order valence-electron chi connectivity index (χ3n) is 2.27. The van der Waals surface area contributed by atoms with Crippen molar-refractivity contribution in [1.82, 2.24) is 0 Å². The SMILES string of the molecule is [CH2]CCCCCS(=O)(=O)c1ccccc1. The molecular formula is C12H17O2S. The number of sulfone groups is 1. The highest BCUT2D eigenvalue weighted by Gasteiger charge is 2.12. The van der Waals surface area contributed by atoms with Crippen molar-refractivity contribution in [2.75, 3.05) is 5.75 Å². The summed E-state index contributed by atoms with van der Waals surface area (Å²) in [5.41, 5.74) is 0. The lowest BCUT2D eigenvalue weighted by atomic mass is 10.2. The summed E-state index contributed by atoms with van der Waals surface area (Å²) < 4.78 is 23.6. The summed E-state index contributed by atoms with van der Waals surface area (Å²) in [6, 6.07) is 8.63. The predicted octanol–water partition coefficient (Wildman–Crippen LogP) is 2.85. The number of hydrogen-bond donors (Lipinski definition) is 0. The van der Waals surface area contributed by atoms with Gasteiger partial charge in [-0.3, -0.25) is 0 Å². The molecule has 1 aromatic carbocycles. The lowest BCUT2D eigenvalue weighted by molar-refractivity contribution is 0.590. The van der Waals surface area contributed by atoms with Gasteiger partial charge in [-0.2, -0.15) is 0 Å². The lowest BCUT2D eigenvalue weighted by Gasteiger charge is -2.03. The fourth-order valence-corrected chi connectivity index (χ4v) is 2.78. The Hall–Kier alpha value is -0.830. The van der Waals surface area contributed by atoms with E-state index >= 15 is 0 Å². The molecule has 0 bridgehead atoms. The van der Waals surface area contributed by atoms with E-state index in [0.29, 0.717) is 4.90 Å². The molecule has 0 aromatic heterocycles. The second-order valence-electron chi connectivity index (χ2n) is 3.55. The fraction of sp³-hybridized carbons (Fsp3) is 0.417. The Morgan fingerprint density at radius 2 is 1.67 bits per heavy atom. The molecular weight excluding hydrogens is 208 g/mol. The van der Waals surface area contributed by atoms with Gasteiger partial charge in [-0.25, -0.2) is 8.42 Å². The molecule has 0 spiro atoms. The Morgan fingerprint density at radius 1 is 1.00 bits per heavy atom. The van der Waals surface area contributed by atoms with E-state index in [-0.39, 0.29) is 5.75 Å². The zero-order valence-electron chi connectivity index (χ0n) is 8.85. The van der Waals surface area contributed by atoms with Crippen LogP contribution in [-0.2, 0) is 9.84 Å². The van der Waals surface area contributed by atoms with E-state index in [0.717, 1.165) is 25.7 Å². The molecule has 0 aliphatic heterocycles. The molecule has 3 heteroatoms. The highest BCUT2D eigenvalue weighted by atomic mass is 32.2. The van der Waals surface area contributed by atoms with Gasteiger partial charge in [0.25, 0.3) is 0 Å². The van der Waals surface area contributed by atoms with Gasteiger partial charge in [0, 0.05) is 0 Å². The van der Waals surface area contributed by atoms with Gasteiger partial charge in [-0.05, 0) is 18.6 Å².